The molecule has 1 aliphatic heterocycles. The van der Waals surface area contributed by atoms with E-state index in [0.29, 0.717) is 18.9 Å². The number of benzene rings is 1. The third kappa shape index (κ3) is 3.28. The molecule has 2 N–H and O–H groups in total. The number of rotatable bonds is 3. The van der Waals surface area contributed by atoms with Crippen molar-refractivity contribution in [2.24, 2.45) is 12.8 Å². The van der Waals surface area contributed by atoms with Crippen LogP contribution in [0.1, 0.15) is 17.3 Å². The van der Waals surface area contributed by atoms with E-state index in [4.69, 9.17) is 5.73 Å². The first-order valence-electron chi connectivity index (χ1n) is 7.20. The highest BCUT2D eigenvalue weighted by Gasteiger charge is 2.39. The largest absolute Gasteiger partial charge is 0.337 e. The van der Waals surface area contributed by atoms with E-state index in [-0.39, 0.29) is 29.4 Å². The predicted octanol–water partition coefficient (Wildman–Crippen LogP) is 1.27. The Morgan fingerprint density at radius 3 is 2.43 bits per heavy atom. The first kappa shape index (κ1) is 17.9. The predicted molar refractivity (Wildman–Crippen MR) is 91.1 cm³/mol. The van der Waals surface area contributed by atoms with E-state index < -0.39 is 10.0 Å². The van der Waals surface area contributed by atoms with Crippen LogP contribution in [0.3, 0.4) is 0 Å². The standard InChI is InChI=1S/C15H20N4O2S.ClH/c1-11-17-15(10-18(11)2)22(20,21)19-8-13(14(16)9-19)12-6-4-3-5-7-12;/h3-7,10,13-14H,8-9,16H2,1-2H3;1H/t13-,14+;/m0./s1. The smallest absolute Gasteiger partial charge is 0.262 e. The van der Waals surface area contributed by atoms with Crippen LogP contribution < -0.4 is 5.73 Å². The molecule has 1 aliphatic rings. The molecule has 0 aliphatic carbocycles. The van der Waals surface area contributed by atoms with Gasteiger partial charge in [-0.2, -0.15) is 4.31 Å². The van der Waals surface area contributed by atoms with Crippen LogP contribution in [-0.2, 0) is 17.1 Å². The Hall–Kier alpha value is -1.41. The molecule has 0 bridgehead atoms. The number of nitrogens with zero attached hydrogens (tertiary/aromatic N) is 3. The summed E-state index contributed by atoms with van der Waals surface area (Å²) >= 11 is 0. The monoisotopic (exact) mass is 356 g/mol. The third-order valence-corrected chi connectivity index (χ3v) is 5.95. The van der Waals surface area contributed by atoms with E-state index in [1.807, 2.05) is 30.3 Å². The molecule has 0 radical (unpaired) electrons. The number of sulfonamides is 1. The van der Waals surface area contributed by atoms with Gasteiger partial charge in [0.25, 0.3) is 10.0 Å². The Kier molecular flexibility index (Phi) is 5.15. The van der Waals surface area contributed by atoms with Gasteiger partial charge in [0.15, 0.2) is 5.03 Å². The van der Waals surface area contributed by atoms with Crippen LogP contribution in [0.25, 0.3) is 0 Å². The molecule has 1 aromatic carbocycles. The van der Waals surface area contributed by atoms with E-state index in [1.165, 1.54) is 4.31 Å². The minimum absolute atomic E-state index is 0. The second kappa shape index (κ2) is 6.60. The highest BCUT2D eigenvalue weighted by Crippen LogP contribution is 2.30. The van der Waals surface area contributed by atoms with Crippen molar-refractivity contribution in [2.75, 3.05) is 13.1 Å². The summed E-state index contributed by atoms with van der Waals surface area (Å²) in [5.74, 6) is 0.683. The van der Waals surface area contributed by atoms with Gasteiger partial charge in [0.05, 0.1) is 0 Å². The summed E-state index contributed by atoms with van der Waals surface area (Å²) in [6.45, 7) is 2.49. The van der Waals surface area contributed by atoms with Crippen molar-refractivity contribution in [3.8, 4) is 0 Å². The summed E-state index contributed by atoms with van der Waals surface area (Å²) in [5, 5.41) is 0.0911. The zero-order valence-electron chi connectivity index (χ0n) is 13.1. The van der Waals surface area contributed by atoms with Gasteiger partial charge in [-0.05, 0) is 12.5 Å². The van der Waals surface area contributed by atoms with Crippen LogP contribution in [0.2, 0.25) is 0 Å². The van der Waals surface area contributed by atoms with Gasteiger partial charge in [-0.15, -0.1) is 12.4 Å². The average Bonchev–Trinajstić information content (AvgIpc) is 3.04. The van der Waals surface area contributed by atoms with Crippen molar-refractivity contribution < 1.29 is 8.42 Å². The number of nitrogens with two attached hydrogens (primary N) is 1. The SMILES string of the molecule is Cc1nc(S(=O)(=O)N2C[C@@H](N)[C@H](c3ccccc3)C2)cn1C.Cl. The minimum atomic E-state index is -3.59. The molecule has 23 heavy (non-hydrogen) atoms. The number of hydrogen-bond acceptors (Lipinski definition) is 4. The quantitative estimate of drug-likeness (QED) is 0.897. The molecule has 2 heterocycles. The average molecular weight is 357 g/mol. The molecule has 1 aromatic heterocycles. The summed E-state index contributed by atoms with van der Waals surface area (Å²) < 4.78 is 28.6. The molecule has 0 spiro atoms. The molecular weight excluding hydrogens is 336 g/mol. The van der Waals surface area contributed by atoms with E-state index in [0.717, 1.165) is 5.56 Å². The lowest BCUT2D eigenvalue weighted by atomic mass is 9.95. The van der Waals surface area contributed by atoms with Crippen LogP contribution in [0.5, 0.6) is 0 Å². The lowest BCUT2D eigenvalue weighted by Gasteiger charge is -2.15. The highest BCUT2D eigenvalue weighted by molar-refractivity contribution is 7.89. The Morgan fingerprint density at radius 2 is 1.87 bits per heavy atom. The molecule has 3 rings (SSSR count). The second-order valence-corrected chi connectivity index (χ2v) is 7.63. The van der Waals surface area contributed by atoms with Gasteiger partial charge < -0.3 is 10.3 Å². The van der Waals surface area contributed by atoms with Gasteiger partial charge in [0.2, 0.25) is 0 Å². The molecule has 0 saturated carbocycles. The van der Waals surface area contributed by atoms with E-state index in [9.17, 15) is 8.42 Å². The topological polar surface area (TPSA) is 81.2 Å². The van der Waals surface area contributed by atoms with Crippen LogP contribution in [0, 0.1) is 6.92 Å². The van der Waals surface area contributed by atoms with Gasteiger partial charge >= 0.3 is 0 Å². The highest BCUT2D eigenvalue weighted by atomic mass is 35.5. The zero-order valence-corrected chi connectivity index (χ0v) is 14.7. The van der Waals surface area contributed by atoms with E-state index in [2.05, 4.69) is 4.98 Å². The Morgan fingerprint density at radius 1 is 1.22 bits per heavy atom. The third-order valence-electron chi connectivity index (χ3n) is 4.25. The molecular formula is C15H21ClN4O2S. The van der Waals surface area contributed by atoms with Crippen molar-refractivity contribution in [1.29, 1.82) is 0 Å². The normalized spacial score (nSPS) is 22.0. The Bertz CT molecular complexity index is 757. The molecule has 1 saturated heterocycles. The maximum atomic E-state index is 12.7. The van der Waals surface area contributed by atoms with Gasteiger partial charge in [-0.1, -0.05) is 30.3 Å². The van der Waals surface area contributed by atoms with Gasteiger partial charge in [-0.3, -0.25) is 0 Å². The van der Waals surface area contributed by atoms with Gasteiger partial charge in [0, 0.05) is 38.3 Å². The summed E-state index contributed by atoms with van der Waals surface area (Å²) in [6.07, 6.45) is 1.55. The van der Waals surface area contributed by atoms with Crippen LogP contribution in [0.15, 0.2) is 41.6 Å². The summed E-state index contributed by atoms with van der Waals surface area (Å²) in [5.41, 5.74) is 7.25. The first-order chi connectivity index (χ1) is 10.4. The lowest BCUT2D eigenvalue weighted by Crippen LogP contribution is -2.32. The molecule has 0 amide bonds. The van der Waals surface area contributed by atoms with Crippen molar-refractivity contribution in [1.82, 2.24) is 13.9 Å². The Labute approximate surface area is 142 Å². The van der Waals surface area contributed by atoms with Crippen molar-refractivity contribution in [3.63, 3.8) is 0 Å². The zero-order chi connectivity index (χ0) is 15.9. The number of aromatic nitrogens is 2. The first-order valence-corrected chi connectivity index (χ1v) is 8.64. The fourth-order valence-electron chi connectivity index (χ4n) is 2.82. The Balaban J connectivity index is 0.00000192. The van der Waals surface area contributed by atoms with Crippen LogP contribution >= 0.6 is 12.4 Å². The summed E-state index contributed by atoms with van der Waals surface area (Å²) in [7, 11) is -1.81. The van der Waals surface area contributed by atoms with E-state index in [1.54, 1.807) is 24.7 Å². The van der Waals surface area contributed by atoms with Gasteiger partial charge in [-0.25, -0.2) is 13.4 Å². The van der Waals surface area contributed by atoms with Crippen molar-refractivity contribution >= 4 is 22.4 Å². The van der Waals surface area contributed by atoms with Crippen LogP contribution in [0.4, 0.5) is 0 Å². The number of hydrogen-bond donors (Lipinski definition) is 1. The summed E-state index contributed by atoms with van der Waals surface area (Å²) in [6, 6.07) is 9.61. The van der Waals surface area contributed by atoms with Crippen molar-refractivity contribution in [2.45, 2.75) is 23.9 Å². The second-order valence-electron chi connectivity index (χ2n) is 5.74. The molecule has 2 atom stereocenters. The maximum Gasteiger partial charge on any atom is 0.262 e. The summed E-state index contributed by atoms with van der Waals surface area (Å²) in [4.78, 5) is 4.14. The number of aryl methyl sites for hydroxylation is 2. The maximum absolute atomic E-state index is 12.7. The van der Waals surface area contributed by atoms with Crippen LogP contribution in [-0.4, -0.2) is 41.4 Å². The number of imidazole rings is 1. The molecule has 0 unspecified atom stereocenters. The number of halogens is 1. The minimum Gasteiger partial charge on any atom is -0.337 e. The molecule has 126 valence electrons. The van der Waals surface area contributed by atoms with Crippen molar-refractivity contribution in [3.05, 3.63) is 47.9 Å². The van der Waals surface area contributed by atoms with Gasteiger partial charge in [0.1, 0.15) is 5.82 Å². The lowest BCUT2D eigenvalue weighted by molar-refractivity contribution is 0.467. The fraction of sp³-hybridized carbons (Fsp3) is 0.400. The molecule has 8 heteroatoms. The van der Waals surface area contributed by atoms with E-state index >= 15 is 0 Å². The fourth-order valence-corrected chi connectivity index (χ4v) is 4.35. The molecule has 2 aromatic rings. The molecule has 6 nitrogen and oxygen atoms in total. The molecule has 1 fully saturated rings.